The molecular formula is C14H25NOSi. The number of nitrogens with zero attached hydrogens (tertiary/aromatic N) is 1. The summed E-state index contributed by atoms with van der Waals surface area (Å²) in [6.07, 6.45) is 3.34. The van der Waals surface area contributed by atoms with Crippen LogP contribution in [0.25, 0.3) is 0 Å². The van der Waals surface area contributed by atoms with Gasteiger partial charge in [0.2, 0.25) is 0 Å². The van der Waals surface area contributed by atoms with Crippen LogP contribution in [-0.4, -0.2) is 14.4 Å². The molecule has 0 aromatic rings. The molecule has 0 fully saturated rings. The van der Waals surface area contributed by atoms with Gasteiger partial charge in [-0.2, -0.15) is 5.26 Å². The largest absolute Gasteiger partial charge is 0.409 e. The normalized spacial score (nSPS) is 13.9. The van der Waals surface area contributed by atoms with Crippen LogP contribution in [-0.2, 0) is 4.43 Å². The van der Waals surface area contributed by atoms with Crippen LogP contribution in [0.3, 0.4) is 0 Å². The quantitative estimate of drug-likeness (QED) is 0.397. The molecule has 0 N–H and O–H groups in total. The van der Waals surface area contributed by atoms with Crippen molar-refractivity contribution in [3.63, 3.8) is 0 Å². The van der Waals surface area contributed by atoms with Gasteiger partial charge >= 0.3 is 0 Å². The van der Waals surface area contributed by atoms with E-state index in [9.17, 15) is 0 Å². The van der Waals surface area contributed by atoms with Crippen molar-refractivity contribution in [3.8, 4) is 6.07 Å². The van der Waals surface area contributed by atoms with E-state index in [0.717, 1.165) is 12.8 Å². The fraction of sp³-hybridized carbons (Fsp3) is 0.643. The molecule has 0 aliphatic carbocycles. The summed E-state index contributed by atoms with van der Waals surface area (Å²) in [7, 11) is -1.84. The fourth-order valence-corrected chi connectivity index (χ4v) is 2.50. The first-order chi connectivity index (χ1) is 7.65. The molecule has 0 aliphatic rings. The van der Waals surface area contributed by atoms with E-state index in [0.29, 0.717) is 5.57 Å². The highest BCUT2D eigenvalue weighted by molar-refractivity contribution is 6.74. The van der Waals surface area contributed by atoms with Crippen molar-refractivity contribution in [2.75, 3.05) is 0 Å². The van der Waals surface area contributed by atoms with Crippen LogP contribution in [0.1, 0.15) is 33.6 Å². The lowest BCUT2D eigenvalue weighted by atomic mass is 10.1. The minimum absolute atomic E-state index is 0.148. The summed E-state index contributed by atoms with van der Waals surface area (Å²) < 4.78 is 6.23. The summed E-state index contributed by atoms with van der Waals surface area (Å²) in [6, 6.07) is 2.12. The number of nitriles is 1. The van der Waals surface area contributed by atoms with Crippen molar-refractivity contribution >= 4 is 8.32 Å². The molecule has 0 heterocycles. The molecule has 0 saturated carbocycles. The molecule has 0 spiro atoms. The van der Waals surface area contributed by atoms with E-state index in [2.05, 4.69) is 53.1 Å². The Hall–Kier alpha value is -0.853. The Bertz CT molecular complexity index is 320. The molecule has 0 saturated heterocycles. The summed E-state index contributed by atoms with van der Waals surface area (Å²) in [5.74, 6) is 0. The number of rotatable bonds is 6. The standard InChI is InChI=1S/C14H25NOSi/c1-8-9-10-13(12(2)11-15)16-17(6,7)14(3,4)5/h8,13H,1-2,9-10H2,3-7H3. The summed E-state index contributed by atoms with van der Waals surface area (Å²) in [5.41, 5.74) is 0.525. The predicted molar refractivity (Wildman–Crippen MR) is 76.3 cm³/mol. The minimum atomic E-state index is -1.84. The average Bonchev–Trinajstić information content (AvgIpc) is 2.21. The van der Waals surface area contributed by atoms with Gasteiger partial charge in [-0.3, -0.25) is 0 Å². The lowest BCUT2D eigenvalue weighted by molar-refractivity contribution is 0.209. The Morgan fingerprint density at radius 2 is 2.00 bits per heavy atom. The van der Waals surface area contributed by atoms with Gasteiger partial charge in [0.1, 0.15) is 0 Å². The Labute approximate surface area is 107 Å². The highest BCUT2D eigenvalue weighted by Crippen LogP contribution is 2.38. The van der Waals surface area contributed by atoms with Crippen molar-refractivity contribution < 1.29 is 4.43 Å². The third-order valence-electron chi connectivity index (χ3n) is 3.41. The van der Waals surface area contributed by atoms with Crippen LogP contribution < -0.4 is 0 Å². The lowest BCUT2D eigenvalue weighted by Gasteiger charge is -2.39. The zero-order chi connectivity index (χ0) is 13.7. The zero-order valence-corrected chi connectivity index (χ0v) is 12.8. The van der Waals surface area contributed by atoms with Crippen molar-refractivity contribution in [1.29, 1.82) is 5.26 Å². The molecular weight excluding hydrogens is 226 g/mol. The second-order valence-electron chi connectivity index (χ2n) is 5.87. The maximum atomic E-state index is 8.96. The van der Waals surface area contributed by atoms with Crippen LogP contribution in [0, 0.1) is 11.3 Å². The summed E-state index contributed by atoms with van der Waals surface area (Å²) in [5, 5.41) is 9.11. The second kappa shape index (κ2) is 6.18. The maximum Gasteiger partial charge on any atom is 0.192 e. The second-order valence-corrected chi connectivity index (χ2v) is 10.6. The van der Waals surface area contributed by atoms with Gasteiger partial charge in [-0.15, -0.1) is 6.58 Å². The van der Waals surface area contributed by atoms with E-state index in [1.54, 1.807) is 0 Å². The monoisotopic (exact) mass is 251 g/mol. The SMILES string of the molecule is C=CCCC(O[Si](C)(C)C(C)(C)C)C(=C)C#N. The highest BCUT2D eigenvalue weighted by Gasteiger charge is 2.39. The van der Waals surface area contributed by atoms with Crippen molar-refractivity contribution in [1.82, 2.24) is 0 Å². The average molecular weight is 251 g/mol. The van der Waals surface area contributed by atoms with Crippen LogP contribution >= 0.6 is 0 Å². The van der Waals surface area contributed by atoms with E-state index in [-0.39, 0.29) is 11.1 Å². The van der Waals surface area contributed by atoms with Gasteiger partial charge in [0.05, 0.1) is 12.2 Å². The summed E-state index contributed by atoms with van der Waals surface area (Å²) in [6.45, 7) is 18.5. The van der Waals surface area contributed by atoms with Crippen LogP contribution in [0.4, 0.5) is 0 Å². The van der Waals surface area contributed by atoms with Gasteiger partial charge in [-0.1, -0.05) is 33.4 Å². The van der Waals surface area contributed by atoms with Crippen molar-refractivity contribution in [3.05, 3.63) is 24.8 Å². The van der Waals surface area contributed by atoms with E-state index in [4.69, 9.17) is 9.69 Å². The van der Waals surface area contributed by atoms with Crippen molar-refractivity contribution in [2.24, 2.45) is 0 Å². The summed E-state index contributed by atoms with van der Waals surface area (Å²) >= 11 is 0. The van der Waals surface area contributed by atoms with Gasteiger partial charge in [-0.05, 0) is 31.0 Å². The molecule has 0 amide bonds. The molecule has 0 bridgehead atoms. The van der Waals surface area contributed by atoms with E-state index >= 15 is 0 Å². The van der Waals surface area contributed by atoms with E-state index < -0.39 is 8.32 Å². The fourth-order valence-electron chi connectivity index (χ4n) is 1.18. The van der Waals surface area contributed by atoms with Gasteiger partial charge in [-0.25, -0.2) is 0 Å². The first kappa shape index (κ1) is 16.1. The molecule has 0 aliphatic heterocycles. The molecule has 17 heavy (non-hydrogen) atoms. The van der Waals surface area contributed by atoms with Crippen LogP contribution in [0.15, 0.2) is 24.8 Å². The molecule has 96 valence electrons. The molecule has 0 radical (unpaired) electrons. The van der Waals surface area contributed by atoms with Crippen LogP contribution in [0.5, 0.6) is 0 Å². The Morgan fingerprint density at radius 1 is 1.47 bits per heavy atom. The van der Waals surface area contributed by atoms with Gasteiger partial charge in [0.25, 0.3) is 0 Å². The zero-order valence-electron chi connectivity index (χ0n) is 11.8. The molecule has 0 aromatic heterocycles. The van der Waals surface area contributed by atoms with E-state index in [1.165, 1.54) is 0 Å². The van der Waals surface area contributed by atoms with Gasteiger partial charge in [0.15, 0.2) is 8.32 Å². The van der Waals surface area contributed by atoms with Crippen molar-refractivity contribution in [2.45, 2.75) is 57.8 Å². The third-order valence-corrected chi connectivity index (χ3v) is 7.89. The predicted octanol–water partition coefficient (Wildman–Crippen LogP) is 4.42. The van der Waals surface area contributed by atoms with Gasteiger partial charge < -0.3 is 4.43 Å². The van der Waals surface area contributed by atoms with Crippen LogP contribution in [0.2, 0.25) is 18.1 Å². The molecule has 1 unspecified atom stereocenters. The molecule has 0 rings (SSSR count). The number of hydrogen-bond donors (Lipinski definition) is 0. The Kier molecular flexibility index (Phi) is 5.87. The molecule has 1 atom stereocenters. The highest BCUT2D eigenvalue weighted by atomic mass is 28.4. The minimum Gasteiger partial charge on any atom is -0.409 e. The first-order valence-corrected chi connectivity index (χ1v) is 8.94. The molecule has 3 heteroatoms. The van der Waals surface area contributed by atoms with Gasteiger partial charge in [0, 0.05) is 5.57 Å². The maximum absolute atomic E-state index is 8.96. The lowest BCUT2D eigenvalue weighted by Crippen LogP contribution is -2.44. The Morgan fingerprint density at radius 3 is 2.35 bits per heavy atom. The topological polar surface area (TPSA) is 33.0 Å². The third kappa shape index (κ3) is 4.89. The molecule has 0 aromatic carbocycles. The first-order valence-electron chi connectivity index (χ1n) is 6.03. The number of hydrogen-bond acceptors (Lipinski definition) is 2. The van der Waals surface area contributed by atoms with E-state index in [1.807, 2.05) is 6.08 Å². The Balaban J connectivity index is 4.81. The number of allylic oxidation sites excluding steroid dienone is 1. The smallest absolute Gasteiger partial charge is 0.192 e. The molecule has 2 nitrogen and oxygen atoms in total. The summed E-state index contributed by atoms with van der Waals surface area (Å²) in [4.78, 5) is 0.